The van der Waals surface area contributed by atoms with Crippen molar-refractivity contribution in [3.8, 4) is 11.4 Å². The topological polar surface area (TPSA) is 39.9 Å². The van der Waals surface area contributed by atoms with Crippen molar-refractivity contribution in [2.45, 2.75) is 25.9 Å². The Morgan fingerprint density at radius 3 is 2.96 bits per heavy atom. The Hall–Kier alpha value is -2.69. The van der Waals surface area contributed by atoms with Crippen LogP contribution in [-0.4, -0.2) is 14.8 Å². The van der Waals surface area contributed by atoms with Gasteiger partial charge >= 0.3 is 0 Å². The average Bonchev–Trinajstić information content (AvgIpc) is 2.96. The van der Waals surface area contributed by atoms with Gasteiger partial charge in [0.05, 0.1) is 5.69 Å². The van der Waals surface area contributed by atoms with Crippen LogP contribution < -0.4 is 4.74 Å². The second-order valence-electron chi connectivity index (χ2n) is 5.64. The molecule has 0 fully saturated rings. The van der Waals surface area contributed by atoms with Crippen molar-refractivity contribution in [3.63, 3.8) is 0 Å². The molecule has 0 saturated heterocycles. The van der Waals surface area contributed by atoms with Crippen LogP contribution in [0.15, 0.2) is 48.8 Å². The first-order chi connectivity index (χ1) is 11.3. The Balaban J connectivity index is 1.59. The van der Waals surface area contributed by atoms with Crippen molar-refractivity contribution < 1.29 is 9.13 Å². The molecule has 1 aliphatic heterocycles. The van der Waals surface area contributed by atoms with E-state index in [4.69, 9.17) is 4.74 Å². The van der Waals surface area contributed by atoms with Crippen LogP contribution >= 0.6 is 0 Å². The molecule has 2 aromatic carbocycles. The molecule has 0 unspecified atom stereocenters. The largest absolute Gasteiger partial charge is 0.489 e. The molecule has 0 saturated carbocycles. The SMILES string of the molecule is Fc1ccccc1COc1ccc2c(c1)CCCc1nncn1-2. The minimum Gasteiger partial charge on any atom is -0.489 e. The summed E-state index contributed by atoms with van der Waals surface area (Å²) in [7, 11) is 0. The number of halogens is 1. The van der Waals surface area contributed by atoms with E-state index in [-0.39, 0.29) is 12.4 Å². The van der Waals surface area contributed by atoms with Crippen LogP contribution in [0.2, 0.25) is 0 Å². The van der Waals surface area contributed by atoms with E-state index in [1.165, 1.54) is 11.6 Å². The van der Waals surface area contributed by atoms with E-state index in [9.17, 15) is 4.39 Å². The molecule has 0 amide bonds. The van der Waals surface area contributed by atoms with Gasteiger partial charge in [0.1, 0.15) is 30.3 Å². The molecule has 5 heteroatoms. The lowest BCUT2D eigenvalue weighted by Crippen LogP contribution is -2.01. The fraction of sp³-hybridized carbons (Fsp3) is 0.222. The fourth-order valence-electron chi connectivity index (χ4n) is 2.93. The predicted molar refractivity (Wildman–Crippen MR) is 84.1 cm³/mol. The number of nitrogens with zero attached hydrogens (tertiary/aromatic N) is 3. The molecule has 4 rings (SSSR count). The molecule has 1 aliphatic rings. The summed E-state index contributed by atoms with van der Waals surface area (Å²) < 4.78 is 21.5. The van der Waals surface area contributed by atoms with Gasteiger partial charge in [-0.1, -0.05) is 18.2 Å². The van der Waals surface area contributed by atoms with E-state index >= 15 is 0 Å². The maximum absolute atomic E-state index is 13.7. The molecule has 23 heavy (non-hydrogen) atoms. The van der Waals surface area contributed by atoms with Gasteiger partial charge in [0.2, 0.25) is 0 Å². The maximum Gasteiger partial charge on any atom is 0.137 e. The van der Waals surface area contributed by atoms with Crippen LogP contribution in [0, 0.1) is 5.82 Å². The zero-order chi connectivity index (χ0) is 15.6. The van der Waals surface area contributed by atoms with Gasteiger partial charge < -0.3 is 4.74 Å². The monoisotopic (exact) mass is 309 g/mol. The summed E-state index contributed by atoms with van der Waals surface area (Å²) in [6.45, 7) is 0.226. The van der Waals surface area contributed by atoms with Crippen LogP contribution in [0.5, 0.6) is 5.75 Å². The van der Waals surface area contributed by atoms with Crippen LogP contribution in [0.4, 0.5) is 4.39 Å². The Morgan fingerprint density at radius 1 is 1.13 bits per heavy atom. The maximum atomic E-state index is 13.7. The molecular weight excluding hydrogens is 293 g/mol. The molecule has 116 valence electrons. The standard InChI is InChI=1S/C18H16FN3O/c19-16-6-2-1-4-14(16)11-23-15-8-9-17-13(10-15)5-3-7-18-21-20-12-22(17)18/h1-2,4,6,8-10,12H,3,5,7,11H2. The first-order valence-electron chi connectivity index (χ1n) is 7.70. The van der Waals surface area contributed by atoms with Crippen molar-refractivity contribution in [3.05, 3.63) is 71.6 Å². The van der Waals surface area contributed by atoms with Gasteiger partial charge in [-0.3, -0.25) is 4.57 Å². The van der Waals surface area contributed by atoms with E-state index in [0.717, 1.165) is 36.5 Å². The summed E-state index contributed by atoms with van der Waals surface area (Å²) in [5.41, 5.74) is 2.86. The van der Waals surface area contributed by atoms with E-state index < -0.39 is 0 Å². The number of ether oxygens (including phenoxy) is 1. The number of benzene rings is 2. The summed E-state index contributed by atoms with van der Waals surface area (Å²) in [4.78, 5) is 0. The average molecular weight is 309 g/mol. The van der Waals surface area contributed by atoms with Gasteiger partial charge in [-0.2, -0.15) is 0 Å². The van der Waals surface area contributed by atoms with E-state index in [1.807, 2.05) is 28.8 Å². The Bertz CT molecular complexity index is 844. The minimum absolute atomic E-state index is 0.226. The second-order valence-corrected chi connectivity index (χ2v) is 5.64. The van der Waals surface area contributed by atoms with Crippen LogP contribution in [0.3, 0.4) is 0 Å². The lowest BCUT2D eigenvalue weighted by atomic mass is 10.1. The Labute approximate surface area is 133 Å². The third-order valence-corrected chi connectivity index (χ3v) is 4.13. The minimum atomic E-state index is -0.239. The number of aryl methyl sites for hydroxylation is 2. The summed E-state index contributed by atoms with van der Waals surface area (Å²) >= 11 is 0. The van der Waals surface area contributed by atoms with Gasteiger partial charge in [-0.15, -0.1) is 10.2 Å². The molecule has 2 heterocycles. The molecule has 0 radical (unpaired) electrons. The van der Waals surface area contributed by atoms with E-state index in [1.54, 1.807) is 18.5 Å². The summed E-state index contributed by atoms with van der Waals surface area (Å²) in [5, 5.41) is 8.16. The van der Waals surface area contributed by atoms with E-state index in [2.05, 4.69) is 10.2 Å². The lowest BCUT2D eigenvalue weighted by Gasteiger charge is -2.12. The summed E-state index contributed by atoms with van der Waals surface area (Å²) in [5.74, 6) is 1.50. The van der Waals surface area contributed by atoms with Crippen LogP contribution in [0.25, 0.3) is 5.69 Å². The quantitative estimate of drug-likeness (QED) is 0.743. The zero-order valence-corrected chi connectivity index (χ0v) is 12.6. The molecule has 0 aliphatic carbocycles. The summed E-state index contributed by atoms with van der Waals surface area (Å²) in [6.07, 6.45) is 4.66. The first kappa shape index (κ1) is 13.9. The van der Waals surface area contributed by atoms with Crippen LogP contribution in [-0.2, 0) is 19.4 Å². The predicted octanol–water partition coefficient (Wildman–Crippen LogP) is 3.47. The third kappa shape index (κ3) is 2.70. The van der Waals surface area contributed by atoms with Crippen molar-refractivity contribution >= 4 is 0 Å². The number of rotatable bonds is 3. The Morgan fingerprint density at radius 2 is 2.04 bits per heavy atom. The third-order valence-electron chi connectivity index (χ3n) is 4.13. The number of hydrogen-bond donors (Lipinski definition) is 0. The normalized spacial score (nSPS) is 13.1. The highest BCUT2D eigenvalue weighted by Gasteiger charge is 2.15. The lowest BCUT2D eigenvalue weighted by molar-refractivity contribution is 0.299. The highest BCUT2D eigenvalue weighted by molar-refractivity contribution is 5.47. The molecule has 0 bridgehead atoms. The van der Waals surface area contributed by atoms with Crippen molar-refractivity contribution in [1.29, 1.82) is 0 Å². The summed E-state index contributed by atoms with van der Waals surface area (Å²) in [6, 6.07) is 12.6. The highest BCUT2D eigenvalue weighted by atomic mass is 19.1. The van der Waals surface area contributed by atoms with Gasteiger partial charge in [-0.05, 0) is 42.7 Å². The van der Waals surface area contributed by atoms with Crippen molar-refractivity contribution in [2.75, 3.05) is 0 Å². The van der Waals surface area contributed by atoms with E-state index in [0.29, 0.717) is 5.56 Å². The van der Waals surface area contributed by atoms with Gasteiger partial charge in [-0.25, -0.2) is 4.39 Å². The number of fused-ring (bicyclic) bond motifs is 3. The van der Waals surface area contributed by atoms with Gasteiger partial charge in [0.25, 0.3) is 0 Å². The molecule has 0 N–H and O–H groups in total. The zero-order valence-electron chi connectivity index (χ0n) is 12.6. The fourth-order valence-corrected chi connectivity index (χ4v) is 2.93. The molecule has 0 atom stereocenters. The first-order valence-corrected chi connectivity index (χ1v) is 7.70. The van der Waals surface area contributed by atoms with Gasteiger partial charge in [0.15, 0.2) is 0 Å². The molecule has 3 aromatic rings. The smallest absolute Gasteiger partial charge is 0.137 e. The number of aromatic nitrogens is 3. The van der Waals surface area contributed by atoms with Crippen LogP contribution in [0.1, 0.15) is 23.4 Å². The molecule has 1 aromatic heterocycles. The van der Waals surface area contributed by atoms with Crippen molar-refractivity contribution in [1.82, 2.24) is 14.8 Å². The van der Waals surface area contributed by atoms with Gasteiger partial charge in [0, 0.05) is 12.0 Å². The number of hydrogen-bond acceptors (Lipinski definition) is 3. The highest BCUT2D eigenvalue weighted by Crippen LogP contribution is 2.27. The van der Waals surface area contributed by atoms with Crippen molar-refractivity contribution in [2.24, 2.45) is 0 Å². The molecule has 0 spiro atoms. The molecule has 4 nitrogen and oxygen atoms in total. The second kappa shape index (κ2) is 5.83. The molecular formula is C18H16FN3O. The Kier molecular flexibility index (Phi) is 3.54.